The van der Waals surface area contributed by atoms with E-state index in [0.717, 1.165) is 43.6 Å². The second-order valence-electron chi connectivity index (χ2n) is 5.48. The molecule has 1 fully saturated rings. The van der Waals surface area contributed by atoms with Crippen LogP contribution in [0.25, 0.3) is 0 Å². The fourth-order valence-electron chi connectivity index (χ4n) is 2.70. The maximum absolute atomic E-state index is 12.5. The van der Waals surface area contributed by atoms with Gasteiger partial charge in [0.25, 0.3) is 0 Å². The molecule has 0 aliphatic carbocycles. The van der Waals surface area contributed by atoms with Gasteiger partial charge in [-0.1, -0.05) is 6.92 Å². The lowest BCUT2D eigenvalue weighted by Crippen LogP contribution is -2.50. The van der Waals surface area contributed by atoms with E-state index < -0.39 is 0 Å². The van der Waals surface area contributed by atoms with E-state index in [2.05, 4.69) is 22.7 Å². The third-order valence-electron chi connectivity index (χ3n) is 4.41. The molecule has 2 rings (SSSR count). The summed E-state index contributed by atoms with van der Waals surface area (Å²) < 4.78 is 1.83. The van der Waals surface area contributed by atoms with Crippen molar-refractivity contribution in [1.29, 1.82) is 0 Å². The van der Waals surface area contributed by atoms with E-state index in [0.29, 0.717) is 6.54 Å². The largest absolute Gasteiger partial charge is 0.351 e. The van der Waals surface area contributed by atoms with E-state index in [4.69, 9.17) is 0 Å². The molecule has 0 radical (unpaired) electrons. The van der Waals surface area contributed by atoms with Gasteiger partial charge in [-0.2, -0.15) is 5.10 Å². The summed E-state index contributed by atoms with van der Waals surface area (Å²) in [7, 11) is 1.92. The highest BCUT2D eigenvalue weighted by Crippen LogP contribution is 2.30. The van der Waals surface area contributed by atoms with E-state index in [-0.39, 0.29) is 11.3 Å². The number of amides is 1. The number of hydrogen-bond donors (Lipinski definition) is 2. The predicted octanol–water partition coefficient (Wildman–Crippen LogP) is 1.12. The van der Waals surface area contributed by atoms with Gasteiger partial charge in [-0.25, -0.2) is 0 Å². The van der Waals surface area contributed by atoms with Crippen LogP contribution in [0.3, 0.4) is 0 Å². The van der Waals surface area contributed by atoms with Gasteiger partial charge in [0.1, 0.15) is 0 Å². The van der Waals surface area contributed by atoms with Crippen molar-refractivity contribution in [3.05, 3.63) is 17.5 Å². The minimum atomic E-state index is -0.228. The number of rotatable bonds is 4. The molecule has 19 heavy (non-hydrogen) atoms. The van der Waals surface area contributed by atoms with Crippen molar-refractivity contribution in [3.63, 3.8) is 0 Å². The van der Waals surface area contributed by atoms with Crippen LogP contribution in [-0.2, 0) is 18.4 Å². The number of carbonyl (C=O) groups excluding carboxylic acids is 1. The highest BCUT2D eigenvalue weighted by atomic mass is 16.2. The van der Waals surface area contributed by atoms with Crippen molar-refractivity contribution in [2.75, 3.05) is 13.1 Å². The summed E-state index contributed by atoms with van der Waals surface area (Å²) >= 11 is 0. The van der Waals surface area contributed by atoms with Gasteiger partial charge in [0.2, 0.25) is 5.91 Å². The minimum Gasteiger partial charge on any atom is -0.351 e. The van der Waals surface area contributed by atoms with Crippen molar-refractivity contribution in [1.82, 2.24) is 20.4 Å². The van der Waals surface area contributed by atoms with Gasteiger partial charge in [0.15, 0.2) is 0 Å². The molecule has 0 bridgehead atoms. The van der Waals surface area contributed by atoms with Gasteiger partial charge >= 0.3 is 0 Å². The number of carbonyl (C=O) groups is 1. The Kier molecular flexibility index (Phi) is 4.24. The molecule has 5 nitrogen and oxygen atoms in total. The molecule has 1 amide bonds. The smallest absolute Gasteiger partial charge is 0.227 e. The molecule has 0 aromatic carbocycles. The molecular formula is C14H24N4O. The van der Waals surface area contributed by atoms with Gasteiger partial charge in [-0.3, -0.25) is 9.48 Å². The number of nitrogens with zero attached hydrogens (tertiary/aromatic N) is 2. The van der Waals surface area contributed by atoms with E-state index in [1.165, 1.54) is 0 Å². The van der Waals surface area contributed by atoms with E-state index in [9.17, 15) is 4.79 Å². The quantitative estimate of drug-likeness (QED) is 0.857. The van der Waals surface area contributed by atoms with Crippen LogP contribution in [0.5, 0.6) is 0 Å². The van der Waals surface area contributed by atoms with Crippen LogP contribution >= 0.6 is 0 Å². The van der Waals surface area contributed by atoms with Crippen molar-refractivity contribution in [2.45, 2.75) is 39.7 Å². The normalized spacial score (nSPS) is 23.3. The summed E-state index contributed by atoms with van der Waals surface area (Å²) in [4.78, 5) is 12.5. The number of aryl methyl sites for hydroxylation is 1. The van der Waals surface area contributed by atoms with E-state index >= 15 is 0 Å². The molecule has 0 spiro atoms. The van der Waals surface area contributed by atoms with Crippen LogP contribution in [-0.4, -0.2) is 28.8 Å². The molecule has 1 aliphatic rings. The van der Waals surface area contributed by atoms with Crippen LogP contribution < -0.4 is 10.6 Å². The van der Waals surface area contributed by atoms with Crippen LogP contribution in [0.15, 0.2) is 6.20 Å². The Morgan fingerprint density at radius 3 is 2.95 bits per heavy atom. The first-order valence-corrected chi connectivity index (χ1v) is 7.05. The molecule has 2 heterocycles. The molecule has 1 aromatic rings. The zero-order chi connectivity index (χ0) is 13.9. The Labute approximate surface area is 114 Å². The molecule has 1 aromatic heterocycles. The van der Waals surface area contributed by atoms with Gasteiger partial charge in [-0.05, 0) is 32.7 Å². The standard InChI is InChI=1S/C14H24N4O/c1-4-14(6-5-7-15-10-14)13(19)16-8-12-9-17-18(3)11(12)2/h9,15H,4-8,10H2,1-3H3,(H,16,19). The minimum absolute atomic E-state index is 0.172. The molecule has 1 atom stereocenters. The molecule has 2 N–H and O–H groups in total. The Hall–Kier alpha value is -1.36. The molecule has 5 heteroatoms. The van der Waals surface area contributed by atoms with Gasteiger partial charge in [0, 0.05) is 31.4 Å². The second-order valence-corrected chi connectivity index (χ2v) is 5.48. The van der Waals surface area contributed by atoms with Crippen molar-refractivity contribution < 1.29 is 4.79 Å². The van der Waals surface area contributed by atoms with Gasteiger partial charge < -0.3 is 10.6 Å². The molecule has 1 aliphatic heterocycles. The third-order valence-corrected chi connectivity index (χ3v) is 4.41. The fourth-order valence-corrected chi connectivity index (χ4v) is 2.70. The zero-order valence-electron chi connectivity index (χ0n) is 12.1. The zero-order valence-corrected chi connectivity index (χ0v) is 12.1. The fraction of sp³-hybridized carbons (Fsp3) is 0.714. The van der Waals surface area contributed by atoms with Crippen molar-refractivity contribution >= 4 is 5.91 Å². The van der Waals surface area contributed by atoms with Crippen molar-refractivity contribution in [3.8, 4) is 0 Å². The summed E-state index contributed by atoms with van der Waals surface area (Å²) in [6.07, 6.45) is 4.77. The summed E-state index contributed by atoms with van der Waals surface area (Å²) in [5.74, 6) is 0.172. The van der Waals surface area contributed by atoms with Crippen LogP contribution in [0.1, 0.15) is 37.4 Å². The third kappa shape index (κ3) is 2.81. The number of aromatic nitrogens is 2. The first-order chi connectivity index (χ1) is 9.09. The molecule has 106 valence electrons. The second kappa shape index (κ2) is 5.74. The number of nitrogens with one attached hydrogen (secondary N) is 2. The topological polar surface area (TPSA) is 59.0 Å². The van der Waals surface area contributed by atoms with Crippen molar-refractivity contribution in [2.24, 2.45) is 12.5 Å². The average Bonchev–Trinajstić information content (AvgIpc) is 2.77. The van der Waals surface area contributed by atoms with Crippen LogP contribution in [0, 0.1) is 12.3 Å². The van der Waals surface area contributed by atoms with E-state index in [1.54, 1.807) is 0 Å². The Balaban J connectivity index is 1.98. The maximum Gasteiger partial charge on any atom is 0.227 e. The average molecular weight is 264 g/mol. The highest BCUT2D eigenvalue weighted by Gasteiger charge is 2.37. The highest BCUT2D eigenvalue weighted by molar-refractivity contribution is 5.83. The first-order valence-electron chi connectivity index (χ1n) is 7.05. The van der Waals surface area contributed by atoms with Gasteiger partial charge in [0.05, 0.1) is 11.6 Å². The number of piperidine rings is 1. The summed E-state index contributed by atoms with van der Waals surface area (Å²) in [6.45, 7) is 6.51. The SMILES string of the molecule is CCC1(C(=O)NCc2cnn(C)c2C)CCCNC1. The summed E-state index contributed by atoms with van der Waals surface area (Å²) in [5.41, 5.74) is 1.97. The monoisotopic (exact) mass is 264 g/mol. The van der Waals surface area contributed by atoms with Gasteiger partial charge in [-0.15, -0.1) is 0 Å². The predicted molar refractivity (Wildman–Crippen MR) is 74.6 cm³/mol. The summed E-state index contributed by atoms with van der Waals surface area (Å²) in [6, 6.07) is 0. The Bertz CT molecular complexity index is 446. The molecule has 1 saturated heterocycles. The first kappa shape index (κ1) is 14.1. The lowest BCUT2D eigenvalue weighted by molar-refractivity contribution is -0.132. The Morgan fingerprint density at radius 1 is 1.63 bits per heavy atom. The maximum atomic E-state index is 12.5. The van der Waals surface area contributed by atoms with Crippen LogP contribution in [0.2, 0.25) is 0 Å². The molecule has 0 saturated carbocycles. The number of hydrogen-bond acceptors (Lipinski definition) is 3. The van der Waals surface area contributed by atoms with Crippen LogP contribution in [0.4, 0.5) is 0 Å². The molecule has 1 unspecified atom stereocenters. The lowest BCUT2D eigenvalue weighted by atomic mass is 9.77. The lowest BCUT2D eigenvalue weighted by Gasteiger charge is -2.35. The summed E-state index contributed by atoms with van der Waals surface area (Å²) in [5, 5.41) is 10.6. The van der Waals surface area contributed by atoms with E-state index in [1.807, 2.05) is 24.9 Å². The molecular weight excluding hydrogens is 240 g/mol. The Morgan fingerprint density at radius 2 is 2.42 bits per heavy atom.